The summed E-state index contributed by atoms with van der Waals surface area (Å²) < 4.78 is 5.00. The third-order valence-electron chi connectivity index (χ3n) is 2.84. The zero-order chi connectivity index (χ0) is 8.22. The van der Waals surface area contributed by atoms with Crippen molar-refractivity contribution in [3.05, 3.63) is 11.8 Å². The molecule has 0 radical (unpaired) electrons. The first kappa shape index (κ1) is 6.89. The Bertz CT molecular complexity index is 250. The van der Waals surface area contributed by atoms with Crippen molar-refractivity contribution in [1.29, 1.82) is 0 Å². The van der Waals surface area contributed by atoms with E-state index in [0.29, 0.717) is 5.92 Å². The number of allylic oxidation sites excluding steroid dienone is 2. The quantitative estimate of drug-likeness (QED) is 0.494. The van der Waals surface area contributed by atoms with Gasteiger partial charge in [0.1, 0.15) is 5.76 Å². The number of rotatable bonds is 0. The summed E-state index contributed by atoms with van der Waals surface area (Å²) >= 11 is 0. The number of esters is 1. The van der Waals surface area contributed by atoms with E-state index in [1.165, 1.54) is 0 Å². The van der Waals surface area contributed by atoms with Crippen LogP contribution in [-0.4, -0.2) is 5.97 Å². The molecule has 1 heterocycles. The maximum atomic E-state index is 11.2. The summed E-state index contributed by atoms with van der Waals surface area (Å²) in [7, 11) is 0. The molecule has 60 valence electrons. The number of cyclic esters (lactones) is 1. The molecule has 2 atom stereocenters. The fraction of sp³-hybridized carbons (Fsp3) is 0.667. The van der Waals surface area contributed by atoms with E-state index in [0.717, 1.165) is 5.76 Å². The van der Waals surface area contributed by atoms with E-state index in [9.17, 15) is 4.79 Å². The standard InChI is InChI=1S/C9H12O2/c1-5-4-6-7(8(10)11-5)9(6,2)3/h4,6-7H,1-3H3/t6?,7-/m0/s1. The molecular weight excluding hydrogens is 140 g/mol. The molecule has 0 aromatic carbocycles. The molecule has 0 saturated heterocycles. The van der Waals surface area contributed by atoms with Gasteiger partial charge in [0, 0.05) is 5.92 Å². The lowest BCUT2D eigenvalue weighted by Gasteiger charge is -2.06. The summed E-state index contributed by atoms with van der Waals surface area (Å²) in [5.41, 5.74) is 0.148. The lowest BCUT2D eigenvalue weighted by Crippen LogP contribution is -2.11. The van der Waals surface area contributed by atoms with E-state index >= 15 is 0 Å². The van der Waals surface area contributed by atoms with Gasteiger partial charge in [-0.15, -0.1) is 0 Å². The molecule has 0 bridgehead atoms. The molecular formula is C9H12O2. The number of ether oxygens (including phenoxy) is 1. The van der Waals surface area contributed by atoms with Crippen molar-refractivity contribution >= 4 is 5.97 Å². The molecule has 1 aliphatic carbocycles. The van der Waals surface area contributed by atoms with Gasteiger partial charge in [-0.1, -0.05) is 13.8 Å². The second kappa shape index (κ2) is 1.68. The van der Waals surface area contributed by atoms with Gasteiger partial charge in [-0.3, -0.25) is 4.79 Å². The van der Waals surface area contributed by atoms with Gasteiger partial charge >= 0.3 is 5.97 Å². The third-order valence-corrected chi connectivity index (χ3v) is 2.84. The van der Waals surface area contributed by atoms with E-state index in [1.54, 1.807) is 0 Å². The predicted octanol–water partition coefficient (Wildman–Crippen LogP) is 1.72. The van der Waals surface area contributed by atoms with Crippen molar-refractivity contribution in [2.24, 2.45) is 17.3 Å². The average Bonchev–Trinajstić information content (AvgIpc) is 2.34. The monoisotopic (exact) mass is 152 g/mol. The molecule has 0 aromatic heterocycles. The van der Waals surface area contributed by atoms with E-state index in [4.69, 9.17) is 4.74 Å². The van der Waals surface area contributed by atoms with Crippen molar-refractivity contribution in [1.82, 2.24) is 0 Å². The molecule has 1 fully saturated rings. The molecule has 2 heteroatoms. The van der Waals surface area contributed by atoms with Crippen LogP contribution in [-0.2, 0) is 9.53 Å². The fourth-order valence-corrected chi connectivity index (χ4v) is 1.95. The van der Waals surface area contributed by atoms with Crippen molar-refractivity contribution in [3.8, 4) is 0 Å². The van der Waals surface area contributed by atoms with Crippen LogP contribution in [0.4, 0.5) is 0 Å². The summed E-state index contributed by atoms with van der Waals surface area (Å²) in [6.07, 6.45) is 2.06. The van der Waals surface area contributed by atoms with E-state index in [2.05, 4.69) is 19.9 Å². The molecule has 1 saturated carbocycles. The first-order chi connectivity index (χ1) is 5.03. The third kappa shape index (κ3) is 0.753. The first-order valence-electron chi connectivity index (χ1n) is 3.93. The Morgan fingerprint density at radius 1 is 1.55 bits per heavy atom. The summed E-state index contributed by atoms with van der Waals surface area (Å²) in [6.45, 7) is 6.06. The van der Waals surface area contributed by atoms with Crippen molar-refractivity contribution in [2.45, 2.75) is 20.8 Å². The topological polar surface area (TPSA) is 26.3 Å². The minimum Gasteiger partial charge on any atom is -0.431 e. The van der Waals surface area contributed by atoms with Gasteiger partial charge in [-0.2, -0.15) is 0 Å². The molecule has 2 aliphatic rings. The number of hydrogen-bond acceptors (Lipinski definition) is 2. The van der Waals surface area contributed by atoms with Crippen LogP contribution < -0.4 is 0 Å². The number of carbonyl (C=O) groups is 1. The fourth-order valence-electron chi connectivity index (χ4n) is 1.95. The van der Waals surface area contributed by atoms with Crippen LogP contribution in [0.3, 0.4) is 0 Å². The van der Waals surface area contributed by atoms with Crippen molar-refractivity contribution < 1.29 is 9.53 Å². The molecule has 0 N–H and O–H groups in total. The molecule has 2 nitrogen and oxygen atoms in total. The smallest absolute Gasteiger partial charge is 0.315 e. The Labute approximate surface area is 66.2 Å². The minimum atomic E-state index is -0.0417. The molecule has 0 aromatic rings. The van der Waals surface area contributed by atoms with E-state index < -0.39 is 0 Å². The highest BCUT2D eigenvalue weighted by Gasteiger charge is 2.63. The van der Waals surface area contributed by atoms with Crippen molar-refractivity contribution in [3.63, 3.8) is 0 Å². The van der Waals surface area contributed by atoms with Crippen LogP contribution >= 0.6 is 0 Å². The Morgan fingerprint density at radius 3 is 2.73 bits per heavy atom. The molecule has 1 aliphatic heterocycles. The highest BCUT2D eigenvalue weighted by molar-refractivity contribution is 5.80. The number of hydrogen-bond donors (Lipinski definition) is 0. The average molecular weight is 152 g/mol. The number of fused-ring (bicyclic) bond motifs is 1. The number of carbonyl (C=O) groups excluding carboxylic acids is 1. The van der Waals surface area contributed by atoms with E-state index in [-0.39, 0.29) is 17.3 Å². The molecule has 0 amide bonds. The Morgan fingerprint density at radius 2 is 2.18 bits per heavy atom. The maximum Gasteiger partial charge on any atom is 0.315 e. The normalized spacial score (nSPS) is 38.8. The van der Waals surface area contributed by atoms with Crippen molar-refractivity contribution in [2.75, 3.05) is 0 Å². The first-order valence-corrected chi connectivity index (χ1v) is 3.93. The summed E-state index contributed by atoms with van der Waals surface area (Å²) in [5, 5.41) is 0. The zero-order valence-electron chi connectivity index (χ0n) is 7.05. The van der Waals surface area contributed by atoms with E-state index in [1.807, 2.05) is 6.92 Å². The van der Waals surface area contributed by atoms with Crippen LogP contribution in [0.1, 0.15) is 20.8 Å². The summed E-state index contributed by atoms with van der Waals surface area (Å²) in [6, 6.07) is 0. The zero-order valence-corrected chi connectivity index (χ0v) is 7.05. The van der Waals surface area contributed by atoms with Crippen LogP contribution in [0, 0.1) is 17.3 Å². The lowest BCUT2D eigenvalue weighted by molar-refractivity contribution is -0.142. The van der Waals surface area contributed by atoms with Crippen LogP contribution in [0.25, 0.3) is 0 Å². The molecule has 0 spiro atoms. The largest absolute Gasteiger partial charge is 0.431 e. The van der Waals surface area contributed by atoms with Gasteiger partial charge in [-0.25, -0.2) is 0 Å². The second-order valence-corrected chi connectivity index (χ2v) is 4.02. The Kier molecular flexibility index (Phi) is 1.05. The van der Waals surface area contributed by atoms with Crippen LogP contribution in [0.15, 0.2) is 11.8 Å². The Hall–Kier alpha value is -0.790. The second-order valence-electron chi connectivity index (χ2n) is 4.02. The maximum absolute atomic E-state index is 11.2. The SMILES string of the molecule is CC1=CC2[C@@H](C(=O)O1)C2(C)C. The molecule has 11 heavy (non-hydrogen) atoms. The molecule has 1 unspecified atom stereocenters. The Balaban J connectivity index is 2.32. The highest BCUT2D eigenvalue weighted by atomic mass is 16.5. The van der Waals surface area contributed by atoms with Gasteiger partial charge in [0.25, 0.3) is 0 Å². The van der Waals surface area contributed by atoms with Gasteiger partial charge in [0.15, 0.2) is 0 Å². The van der Waals surface area contributed by atoms with Crippen LogP contribution in [0.2, 0.25) is 0 Å². The van der Waals surface area contributed by atoms with Gasteiger partial charge in [-0.05, 0) is 18.4 Å². The van der Waals surface area contributed by atoms with Gasteiger partial charge < -0.3 is 4.74 Å². The lowest BCUT2D eigenvalue weighted by atomic mass is 10.1. The highest BCUT2D eigenvalue weighted by Crippen LogP contribution is 2.61. The predicted molar refractivity (Wildman–Crippen MR) is 40.6 cm³/mol. The van der Waals surface area contributed by atoms with Gasteiger partial charge in [0.05, 0.1) is 5.92 Å². The van der Waals surface area contributed by atoms with Gasteiger partial charge in [0.2, 0.25) is 0 Å². The van der Waals surface area contributed by atoms with Crippen LogP contribution in [0.5, 0.6) is 0 Å². The summed E-state index contributed by atoms with van der Waals surface area (Å²) in [4.78, 5) is 11.2. The minimum absolute atomic E-state index is 0.0417. The molecule has 2 rings (SSSR count). The summed E-state index contributed by atoms with van der Waals surface area (Å²) in [5.74, 6) is 1.29.